The molecule has 98 valence electrons. The zero-order valence-corrected chi connectivity index (χ0v) is 10.7. The van der Waals surface area contributed by atoms with Crippen LogP contribution in [-0.2, 0) is 0 Å². The molecule has 0 amide bonds. The fourth-order valence-electron chi connectivity index (χ4n) is 2.69. The van der Waals surface area contributed by atoms with Crippen molar-refractivity contribution >= 4 is 5.78 Å². The highest BCUT2D eigenvalue weighted by atomic mass is 16.3. The Morgan fingerprint density at radius 1 is 1.22 bits per heavy atom. The van der Waals surface area contributed by atoms with Crippen LogP contribution in [0.25, 0.3) is 0 Å². The van der Waals surface area contributed by atoms with Gasteiger partial charge >= 0.3 is 0 Å². The van der Waals surface area contributed by atoms with E-state index in [0.29, 0.717) is 19.1 Å². The summed E-state index contributed by atoms with van der Waals surface area (Å²) in [4.78, 5) is 14.3. The van der Waals surface area contributed by atoms with E-state index in [1.54, 1.807) is 0 Å². The molecule has 0 heterocycles. The van der Waals surface area contributed by atoms with E-state index in [9.17, 15) is 4.79 Å². The van der Waals surface area contributed by atoms with Crippen LogP contribution in [0.4, 0.5) is 0 Å². The van der Waals surface area contributed by atoms with Crippen LogP contribution in [0.2, 0.25) is 0 Å². The van der Waals surface area contributed by atoms with Crippen molar-refractivity contribution in [1.82, 2.24) is 4.90 Å². The minimum Gasteiger partial charge on any atom is -0.395 e. The first-order valence-corrected chi connectivity index (χ1v) is 6.74. The van der Waals surface area contributed by atoms with Gasteiger partial charge in [-0.2, -0.15) is 0 Å². The standard InChI is InChI=1S/C15H21NO2/c17-11-10-16(14-8-4-5-9-14)12-15(18)13-6-2-1-3-7-13/h1-3,6-7,14,17H,4-5,8-12H2. The van der Waals surface area contributed by atoms with E-state index in [1.807, 2.05) is 30.3 Å². The average Bonchev–Trinajstić information content (AvgIpc) is 2.93. The summed E-state index contributed by atoms with van der Waals surface area (Å²) in [5.41, 5.74) is 0.762. The van der Waals surface area contributed by atoms with Crippen molar-refractivity contribution in [3.05, 3.63) is 35.9 Å². The van der Waals surface area contributed by atoms with Crippen LogP contribution in [0.5, 0.6) is 0 Å². The van der Waals surface area contributed by atoms with Gasteiger partial charge < -0.3 is 5.11 Å². The molecule has 1 aromatic rings. The van der Waals surface area contributed by atoms with Gasteiger partial charge in [0.05, 0.1) is 13.2 Å². The molecule has 1 aliphatic rings. The van der Waals surface area contributed by atoms with Crippen LogP contribution in [0.1, 0.15) is 36.0 Å². The number of nitrogens with zero attached hydrogens (tertiary/aromatic N) is 1. The van der Waals surface area contributed by atoms with Crippen LogP contribution < -0.4 is 0 Å². The summed E-state index contributed by atoms with van der Waals surface area (Å²) in [7, 11) is 0. The summed E-state index contributed by atoms with van der Waals surface area (Å²) in [5.74, 6) is 0.149. The second kappa shape index (κ2) is 6.66. The van der Waals surface area contributed by atoms with Gasteiger partial charge in [0.25, 0.3) is 0 Å². The second-order valence-corrected chi connectivity index (χ2v) is 4.92. The van der Waals surface area contributed by atoms with E-state index in [2.05, 4.69) is 4.90 Å². The minimum atomic E-state index is 0.124. The number of aliphatic hydroxyl groups is 1. The summed E-state index contributed by atoms with van der Waals surface area (Å²) in [5, 5.41) is 9.13. The van der Waals surface area contributed by atoms with Crippen LogP contribution >= 0.6 is 0 Å². The predicted molar refractivity (Wildman–Crippen MR) is 71.7 cm³/mol. The Balaban J connectivity index is 1.97. The molecular formula is C15H21NO2. The Morgan fingerprint density at radius 3 is 2.50 bits per heavy atom. The molecule has 0 radical (unpaired) electrons. The smallest absolute Gasteiger partial charge is 0.176 e. The summed E-state index contributed by atoms with van der Waals surface area (Å²) < 4.78 is 0. The highest BCUT2D eigenvalue weighted by Crippen LogP contribution is 2.23. The molecule has 1 saturated carbocycles. The van der Waals surface area contributed by atoms with Gasteiger partial charge in [-0.25, -0.2) is 0 Å². The van der Waals surface area contributed by atoms with Crippen LogP contribution in [0.3, 0.4) is 0 Å². The minimum absolute atomic E-state index is 0.124. The van der Waals surface area contributed by atoms with E-state index in [4.69, 9.17) is 5.11 Å². The van der Waals surface area contributed by atoms with Gasteiger partial charge in [-0.1, -0.05) is 43.2 Å². The van der Waals surface area contributed by atoms with Gasteiger partial charge in [0.1, 0.15) is 0 Å². The number of ketones is 1. The number of rotatable bonds is 6. The molecule has 0 spiro atoms. The highest BCUT2D eigenvalue weighted by molar-refractivity contribution is 5.97. The maximum atomic E-state index is 12.2. The predicted octanol–water partition coefficient (Wildman–Crippen LogP) is 2.11. The zero-order valence-electron chi connectivity index (χ0n) is 10.7. The van der Waals surface area contributed by atoms with E-state index in [1.165, 1.54) is 12.8 Å². The van der Waals surface area contributed by atoms with E-state index in [-0.39, 0.29) is 12.4 Å². The number of Topliss-reactive ketones (excluding diaryl/α,β-unsaturated/α-hetero) is 1. The Kier molecular flexibility index (Phi) is 4.90. The van der Waals surface area contributed by atoms with Crippen LogP contribution in [-0.4, -0.2) is 41.5 Å². The van der Waals surface area contributed by atoms with Crippen LogP contribution in [0, 0.1) is 0 Å². The average molecular weight is 247 g/mol. The third kappa shape index (κ3) is 3.40. The number of carbonyl (C=O) groups excluding carboxylic acids is 1. The Bertz CT molecular complexity index is 371. The van der Waals surface area contributed by atoms with E-state index >= 15 is 0 Å². The first kappa shape index (κ1) is 13.2. The summed E-state index contributed by atoms with van der Waals surface area (Å²) in [6, 6.07) is 9.88. The third-order valence-corrected chi connectivity index (χ3v) is 3.67. The summed E-state index contributed by atoms with van der Waals surface area (Å²) in [6.07, 6.45) is 4.79. The molecule has 1 fully saturated rings. The Hall–Kier alpha value is -1.19. The highest BCUT2D eigenvalue weighted by Gasteiger charge is 2.24. The molecule has 1 aliphatic carbocycles. The first-order chi connectivity index (χ1) is 8.81. The van der Waals surface area contributed by atoms with Gasteiger partial charge in [-0.15, -0.1) is 0 Å². The molecule has 1 aromatic carbocycles. The lowest BCUT2D eigenvalue weighted by molar-refractivity contribution is 0.0862. The van der Waals surface area contributed by atoms with Crippen molar-refractivity contribution in [2.24, 2.45) is 0 Å². The van der Waals surface area contributed by atoms with Crippen LogP contribution in [0.15, 0.2) is 30.3 Å². The van der Waals surface area contributed by atoms with Crippen molar-refractivity contribution in [1.29, 1.82) is 0 Å². The van der Waals surface area contributed by atoms with Gasteiger partial charge in [-0.05, 0) is 12.8 Å². The molecule has 0 aromatic heterocycles. The molecule has 0 atom stereocenters. The Labute approximate surface area is 108 Å². The van der Waals surface area contributed by atoms with Crippen molar-refractivity contribution in [2.45, 2.75) is 31.7 Å². The molecule has 0 unspecified atom stereocenters. The number of benzene rings is 1. The molecule has 0 bridgehead atoms. The van der Waals surface area contributed by atoms with Crippen molar-refractivity contribution in [3.63, 3.8) is 0 Å². The largest absolute Gasteiger partial charge is 0.395 e. The molecule has 3 heteroatoms. The monoisotopic (exact) mass is 247 g/mol. The number of aliphatic hydroxyl groups excluding tert-OH is 1. The van der Waals surface area contributed by atoms with E-state index in [0.717, 1.165) is 18.4 Å². The zero-order chi connectivity index (χ0) is 12.8. The van der Waals surface area contributed by atoms with Crippen molar-refractivity contribution in [2.75, 3.05) is 19.7 Å². The lowest BCUT2D eigenvalue weighted by Crippen LogP contribution is -2.39. The lowest BCUT2D eigenvalue weighted by atomic mass is 10.1. The number of carbonyl (C=O) groups is 1. The maximum absolute atomic E-state index is 12.2. The summed E-state index contributed by atoms with van der Waals surface area (Å²) >= 11 is 0. The van der Waals surface area contributed by atoms with E-state index < -0.39 is 0 Å². The topological polar surface area (TPSA) is 40.5 Å². The molecule has 2 rings (SSSR count). The first-order valence-electron chi connectivity index (χ1n) is 6.74. The van der Waals surface area contributed by atoms with Gasteiger partial charge in [0, 0.05) is 18.2 Å². The molecular weight excluding hydrogens is 226 g/mol. The maximum Gasteiger partial charge on any atom is 0.176 e. The molecule has 0 saturated heterocycles. The molecule has 0 aliphatic heterocycles. The lowest BCUT2D eigenvalue weighted by Gasteiger charge is -2.27. The SMILES string of the molecule is O=C(CN(CCO)C1CCCC1)c1ccccc1. The fraction of sp³-hybridized carbons (Fsp3) is 0.533. The fourth-order valence-corrected chi connectivity index (χ4v) is 2.69. The normalized spacial score (nSPS) is 16.3. The van der Waals surface area contributed by atoms with Crippen molar-refractivity contribution in [3.8, 4) is 0 Å². The quantitative estimate of drug-likeness (QED) is 0.783. The summed E-state index contributed by atoms with van der Waals surface area (Å²) in [6.45, 7) is 1.15. The number of hydrogen-bond donors (Lipinski definition) is 1. The molecule has 3 nitrogen and oxygen atoms in total. The molecule has 18 heavy (non-hydrogen) atoms. The van der Waals surface area contributed by atoms with Gasteiger partial charge in [-0.3, -0.25) is 9.69 Å². The van der Waals surface area contributed by atoms with Crippen molar-refractivity contribution < 1.29 is 9.90 Å². The third-order valence-electron chi connectivity index (χ3n) is 3.67. The second-order valence-electron chi connectivity index (χ2n) is 4.92. The number of hydrogen-bond acceptors (Lipinski definition) is 3. The molecule has 1 N–H and O–H groups in total. The van der Waals surface area contributed by atoms with Gasteiger partial charge in [0.15, 0.2) is 5.78 Å². The Morgan fingerprint density at radius 2 is 1.89 bits per heavy atom. The van der Waals surface area contributed by atoms with Gasteiger partial charge in [0.2, 0.25) is 0 Å².